The summed E-state index contributed by atoms with van der Waals surface area (Å²) in [7, 11) is 2.12. The molecule has 1 aliphatic rings. The summed E-state index contributed by atoms with van der Waals surface area (Å²) in [4.78, 5) is 6.82. The van der Waals surface area contributed by atoms with Crippen LogP contribution in [0.25, 0.3) is 0 Å². The molecule has 0 unspecified atom stereocenters. The summed E-state index contributed by atoms with van der Waals surface area (Å²) < 4.78 is 0. The number of amidine groups is 1. The SMILES string of the molecule is CC(C)C1=CN=C(C(C)(C)C)N(C)C1. The Morgan fingerprint density at radius 1 is 1.36 bits per heavy atom. The first kappa shape index (κ1) is 11.3. The highest BCUT2D eigenvalue weighted by Gasteiger charge is 2.25. The fourth-order valence-corrected chi connectivity index (χ4v) is 1.73. The topological polar surface area (TPSA) is 15.6 Å². The molecule has 80 valence electrons. The van der Waals surface area contributed by atoms with E-state index in [1.165, 1.54) is 11.4 Å². The van der Waals surface area contributed by atoms with Gasteiger partial charge in [-0.15, -0.1) is 0 Å². The Labute approximate surface area is 87.7 Å². The van der Waals surface area contributed by atoms with Crippen LogP contribution >= 0.6 is 0 Å². The van der Waals surface area contributed by atoms with Gasteiger partial charge in [-0.05, 0) is 11.5 Å². The lowest BCUT2D eigenvalue weighted by Crippen LogP contribution is -2.40. The van der Waals surface area contributed by atoms with E-state index in [2.05, 4.69) is 51.6 Å². The van der Waals surface area contributed by atoms with E-state index < -0.39 is 0 Å². The van der Waals surface area contributed by atoms with Crippen molar-refractivity contribution in [2.75, 3.05) is 13.6 Å². The van der Waals surface area contributed by atoms with Crippen LogP contribution in [0.1, 0.15) is 34.6 Å². The van der Waals surface area contributed by atoms with Crippen LogP contribution in [0.15, 0.2) is 16.8 Å². The first-order valence-corrected chi connectivity index (χ1v) is 5.30. The second-order valence-electron chi connectivity index (χ2n) is 5.42. The molecule has 0 spiro atoms. The number of hydrogen-bond acceptors (Lipinski definition) is 2. The third-order valence-electron chi connectivity index (χ3n) is 2.55. The minimum Gasteiger partial charge on any atom is -0.359 e. The number of likely N-dealkylation sites (N-methyl/N-ethyl adjacent to an activating group) is 1. The maximum Gasteiger partial charge on any atom is 0.109 e. The van der Waals surface area contributed by atoms with Crippen LogP contribution in [0, 0.1) is 11.3 Å². The molecule has 1 rings (SSSR count). The number of nitrogens with zero attached hydrogens (tertiary/aromatic N) is 2. The minimum atomic E-state index is 0.147. The van der Waals surface area contributed by atoms with Gasteiger partial charge in [0.2, 0.25) is 0 Å². The summed E-state index contributed by atoms with van der Waals surface area (Å²) in [5.74, 6) is 1.78. The van der Waals surface area contributed by atoms with Crippen molar-refractivity contribution in [2.45, 2.75) is 34.6 Å². The van der Waals surface area contributed by atoms with Crippen molar-refractivity contribution in [3.63, 3.8) is 0 Å². The number of hydrogen-bond donors (Lipinski definition) is 0. The van der Waals surface area contributed by atoms with Gasteiger partial charge in [-0.2, -0.15) is 0 Å². The fourth-order valence-electron chi connectivity index (χ4n) is 1.73. The minimum absolute atomic E-state index is 0.147. The zero-order valence-electron chi connectivity index (χ0n) is 10.3. The Balaban J connectivity index is 2.91. The standard InChI is InChI=1S/C12H22N2/c1-9(2)10-7-13-11(12(3,4)5)14(6)8-10/h7,9H,8H2,1-6H3. The zero-order valence-corrected chi connectivity index (χ0v) is 10.3. The van der Waals surface area contributed by atoms with Gasteiger partial charge in [0.05, 0.1) is 0 Å². The number of rotatable bonds is 1. The molecule has 0 bridgehead atoms. The van der Waals surface area contributed by atoms with Crippen molar-refractivity contribution in [1.82, 2.24) is 4.90 Å². The summed E-state index contributed by atoms with van der Waals surface area (Å²) >= 11 is 0. The average molecular weight is 194 g/mol. The van der Waals surface area contributed by atoms with E-state index in [1.54, 1.807) is 0 Å². The molecule has 1 heterocycles. The van der Waals surface area contributed by atoms with E-state index >= 15 is 0 Å². The van der Waals surface area contributed by atoms with Gasteiger partial charge in [0.15, 0.2) is 0 Å². The van der Waals surface area contributed by atoms with E-state index in [9.17, 15) is 0 Å². The van der Waals surface area contributed by atoms with Crippen LogP contribution in [0.4, 0.5) is 0 Å². The van der Waals surface area contributed by atoms with Gasteiger partial charge in [0.25, 0.3) is 0 Å². The lowest BCUT2D eigenvalue weighted by atomic mass is 9.92. The number of aliphatic imine (C=N–C) groups is 1. The third kappa shape index (κ3) is 2.37. The summed E-state index contributed by atoms with van der Waals surface area (Å²) in [6.45, 7) is 12.1. The molecule has 0 aromatic heterocycles. The van der Waals surface area contributed by atoms with Gasteiger partial charge < -0.3 is 4.90 Å². The molecule has 0 aromatic carbocycles. The smallest absolute Gasteiger partial charge is 0.109 e. The van der Waals surface area contributed by atoms with Crippen LogP contribution in [0.5, 0.6) is 0 Å². The molecule has 1 aliphatic heterocycles. The molecule has 2 heteroatoms. The Hall–Kier alpha value is -0.790. The molecule has 0 saturated carbocycles. The van der Waals surface area contributed by atoms with Crippen LogP contribution < -0.4 is 0 Å². The molecule has 2 nitrogen and oxygen atoms in total. The molecule has 0 saturated heterocycles. The maximum atomic E-state index is 4.56. The van der Waals surface area contributed by atoms with Crippen LogP contribution in [-0.4, -0.2) is 24.3 Å². The monoisotopic (exact) mass is 194 g/mol. The van der Waals surface area contributed by atoms with Gasteiger partial charge in [0, 0.05) is 25.2 Å². The zero-order chi connectivity index (χ0) is 10.9. The summed E-state index contributed by atoms with van der Waals surface area (Å²) in [5.41, 5.74) is 1.56. The first-order valence-electron chi connectivity index (χ1n) is 5.30. The van der Waals surface area contributed by atoms with Gasteiger partial charge in [-0.3, -0.25) is 0 Å². The van der Waals surface area contributed by atoms with Crippen molar-refractivity contribution in [2.24, 2.45) is 16.3 Å². The van der Waals surface area contributed by atoms with Crippen molar-refractivity contribution in [3.05, 3.63) is 11.8 Å². The molecular weight excluding hydrogens is 172 g/mol. The van der Waals surface area contributed by atoms with Gasteiger partial charge in [-0.1, -0.05) is 34.6 Å². The maximum absolute atomic E-state index is 4.56. The lowest BCUT2D eigenvalue weighted by molar-refractivity contribution is 0.430. The van der Waals surface area contributed by atoms with Crippen molar-refractivity contribution >= 4 is 5.84 Å². The summed E-state index contributed by atoms with van der Waals surface area (Å²) in [6.07, 6.45) is 2.05. The highest BCUT2D eigenvalue weighted by atomic mass is 15.2. The van der Waals surface area contributed by atoms with Crippen LogP contribution in [0.3, 0.4) is 0 Å². The first-order chi connectivity index (χ1) is 6.32. The summed E-state index contributed by atoms with van der Waals surface area (Å²) in [6, 6.07) is 0. The lowest BCUT2D eigenvalue weighted by Gasteiger charge is -2.34. The normalized spacial score (nSPS) is 18.4. The van der Waals surface area contributed by atoms with E-state index in [-0.39, 0.29) is 5.41 Å². The Morgan fingerprint density at radius 3 is 2.29 bits per heavy atom. The quantitative estimate of drug-likeness (QED) is 0.626. The van der Waals surface area contributed by atoms with Crippen molar-refractivity contribution < 1.29 is 0 Å². The Morgan fingerprint density at radius 2 is 1.93 bits per heavy atom. The third-order valence-corrected chi connectivity index (χ3v) is 2.55. The fraction of sp³-hybridized carbons (Fsp3) is 0.750. The molecule has 0 atom stereocenters. The van der Waals surface area contributed by atoms with Crippen molar-refractivity contribution in [1.29, 1.82) is 0 Å². The highest BCUT2D eigenvalue weighted by Crippen LogP contribution is 2.24. The Bertz CT molecular complexity index is 267. The molecule has 0 aromatic rings. The van der Waals surface area contributed by atoms with Gasteiger partial charge in [-0.25, -0.2) is 4.99 Å². The predicted octanol–water partition coefficient (Wildman–Crippen LogP) is 2.92. The highest BCUT2D eigenvalue weighted by molar-refractivity contribution is 5.88. The van der Waals surface area contributed by atoms with E-state index in [0.29, 0.717) is 5.92 Å². The second-order valence-corrected chi connectivity index (χ2v) is 5.42. The van der Waals surface area contributed by atoms with E-state index in [0.717, 1.165) is 6.54 Å². The average Bonchev–Trinajstić information content (AvgIpc) is 2.01. The molecule has 0 amide bonds. The largest absolute Gasteiger partial charge is 0.359 e. The van der Waals surface area contributed by atoms with Gasteiger partial charge >= 0.3 is 0 Å². The molecule has 14 heavy (non-hydrogen) atoms. The molecule has 0 aliphatic carbocycles. The van der Waals surface area contributed by atoms with Crippen LogP contribution in [-0.2, 0) is 0 Å². The summed E-state index contributed by atoms with van der Waals surface area (Å²) in [5, 5.41) is 0. The van der Waals surface area contributed by atoms with Gasteiger partial charge in [0.1, 0.15) is 5.84 Å². The molecule has 0 fully saturated rings. The van der Waals surface area contributed by atoms with Crippen molar-refractivity contribution in [3.8, 4) is 0 Å². The predicted molar refractivity (Wildman–Crippen MR) is 62.4 cm³/mol. The molecule has 0 radical (unpaired) electrons. The van der Waals surface area contributed by atoms with E-state index in [4.69, 9.17) is 0 Å². The second kappa shape index (κ2) is 3.76. The van der Waals surface area contributed by atoms with Crippen LogP contribution in [0.2, 0.25) is 0 Å². The Kier molecular flexibility index (Phi) is 3.03. The van der Waals surface area contributed by atoms with E-state index in [1.807, 2.05) is 6.20 Å². The molecule has 0 N–H and O–H groups in total. The molecular formula is C12H22N2.